The minimum Gasteiger partial charge on any atom is -0.396 e. The lowest BCUT2D eigenvalue weighted by Crippen LogP contribution is -2.24. The van der Waals surface area contributed by atoms with Crippen LogP contribution in [0, 0.1) is 0 Å². The van der Waals surface area contributed by atoms with Crippen LogP contribution in [0.1, 0.15) is 17.5 Å². The molecular weight excluding hydrogens is 369 g/mol. The largest absolute Gasteiger partial charge is 0.396 e. The predicted octanol–water partition coefficient (Wildman–Crippen LogP) is 4.56. The highest BCUT2D eigenvalue weighted by atomic mass is 35.5. The van der Waals surface area contributed by atoms with Crippen molar-refractivity contribution in [1.29, 1.82) is 0 Å². The molecule has 0 aliphatic carbocycles. The molecular formula is C20H21Cl2N3O. The van der Waals surface area contributed by atoms with E-state index in [0.717, 1.165) is 36.4 Å². The Labute approximate surface area is 163 Å². The molecule has 2 aromatic carbocycles. The van der Waals surface area contributed by atoms with Crippen LogP contribution in [0.25, 0.3) is 5.69 Å². The Hall–Kier alpha value is -1.85. The Balaban J connectivity index is 1.72. The molecule has 6 heteroatoms. The zero-order valence-corrected chi connectivity index (χ0v) is 15.9. The molecule has 0 atom stereocenters. The summed E-state index contributed by atoms with van der Waals surface area (Å²) < 4.78 is 1.87. The number of benzene rings is 2. The third-order valence-electron chi connectivity index (χ3n) is 4.09. The summed E-state index contributed by atoms with van der Waals surface area (Å²) in [6, 6.07) is 15.7. The SMILES string of the molecule is OCCCN(Cc1ccc(Cl)c(Cl)c1)Cc1cnn(-c2ccccc2)c1. The summed E-state index contributed by atoms with van der Waals surface area (Å²) in [4.78, 5) is 2.27. The fraction of sp³-hybridized carbons (Fsp3) is 0.250. The first-order valence-corrected chi connectivity index (χ1v) is 9.27. The van der Waals surface area contributed by atoms with Crippen LogP contribution in [0.5, 0.6) is 0 Å². The first-order chi connectivity index (χ1) is 12.7. The van der Waals surface area contributed by atoms with E-state index in [1.54, 1.807) is 0 Å². The highest BCUT2D eigenvalue weighted by Gasteiger charge is 2.10. The molecule has 0 fully saturated rings. The summed E-state index contributed by atoms with van der Waals surface area (Å²) in [7, 11) is 0. The maximum absolute atomic E-state index is 9.20. The molecule has 0 aliphatic heterocycles. The topological polar surface area (TPSA) is 41.3 Å². The van der Waals surface area contributed by atoms with Gasteiger partial charge in [0.05, 0.1) is 21.9 Å². The number of aromatic nitrogens is 2. The van der Waals surface area contributed by atoms with E-state index in [1.165, 1.54) is 0 Å². The quantitative estimate of drug-likeness (QED) is 0.613. The number of halogens is 2. The normalized spacial score (nSPS) is 11.2. The van der Waals surface area contributed by atoms with E-state index in [-0.39, 0.29) is 6.61 Å². The van der Waals surface area contributed by atoms with Crippen molar-refractivity contribution in [1.82, 2.24) is 14.7 Å². The van der Waals surface area contributed by atoms with Crippen LogP contribution in [0.15, 0.2) is 60.9 Å². The second kappa shape index (κ2) is 9.19. The Kier molecular flexibility index (Phi) is 6.69. The summed E-state index contributed by atoms with van der Waals surface area (Å²) in [6.45, 7) is 2.43. The summed E-state index contributed by atoms with van der Waals surface area (Å²) in [6.07, 6.45) is 4.64. The fourth-order valence-corrected chi connectivity index (χ4v) is 3.15. The number of rotatable bonds is 8. The molecule has 1 heterocycles. The van der Waals surface area contributed by atoms with E-state index < -0.39 is 0 Å². The third kappa shape index (κ3) is 5.08. The molecule has 0 aliphatic rings. The third-order valence-corrected chi connectivity index (χ3v) is 4.82. The Morgan fingerprint density at radius 2 is 1.73 bits per heavy atom. The maximum Gasteiger partial charge on any atom is 0.0645 e. The van der Waals surface area contributed by atoms with E-state index in [9.17, 15) is 5.11 Å². The van der Waals surface area contributed by atoms with Gasteiger partial charge in [-0.05, 0) is 36.2 Å². The van der Waals surface area contributed by atoms with E-state index in [4.69, 9.17) is 23.2 Å². The minimum atomic E-state index is 0.168. The summed E-state index contributed by atoms with van der Waals surface area (Å²) in [5.74, 6) is 0. The van der Waals surface area contributed by atoms with Crippen LogP contribution in [0.4, 0.5) is 0 Å². The van der Waals surface area contributed by atoms with Crippen LogP contribution >= 0.6 is 23.2 Å². The fourth-order valence-electron chi connectivity index (χ4n) is 2.83. The van der Waals surface area contributed by atoms with Crippen LogP contribution in [-0.2, 0) is 13.1 Å². The molecule has 4 nitrogen and oxygen atoms in total. The number of hydrogen-bond donors (Lipinski definition) is 1. The molecule has 0 saturated carbocycles. The molecule has 0 amide bonds. The van der Waals surface area contributed by atoms with Crippen LogP contribution in [0.2, 0.25) is 10.0 Å². The molecule has 0 unspecified atom stereocenters. The molecule has 26 heavy (non-hydrogen) atoms. The van der Waals surface area contributed by atoms with Gasteiger partial charge in [0.1, 0.15) is 0 Å². The van der Waals surface area contributed by atoms with Gasteiger partial charge in [-0.15, -0.1) is 0 Å². The van der Waals surface area contributed by atoms with Gasteiger partial charge in [0, 0.05) is 38.0 Å². The smallest absolute Gasteiger partial charge is 0.0645 e. The highest BCUT2D eigenvalue weighted by molar-refractivity contribution is 6.42. The van der Waals surface area contributed by atoms with Crippen molar-refractivity contribution in [3.63, 3.8) is 0 Å². The minimum absolute atomic E-state index is 0.168. The first-order valence-electron chi connectivity index (χ1n) is 8.52. The van der Waals surface area contributed by atoms with Gasteiger partial charge >= 0.3 is 0 Å². The highest BCUT2D eigenvalue weighted by Crippen LogP contribution is 2.23. The molecule has 136 valence electrons. The lowest BCUT2D eigenvalue weighted by Gasteiger charge is -2.21. The Morgan fingerprint density at radius 3 is 2.46 bits per heavy atom. The van der Waals surface area contributed by atoms with Gasteiger partial charge in [-0.25, -0.2) is 4.68 Å². The molecule has 1 aromatic heterocycles. The second-order valence-corrected chi connectivity index (χ2v) is 6.98. The van der Waals surface area contributed by atoms with Gasteiger partial charge in [0.25, 0.3) is 0 Å². The van der Waals surface area contributed by atoms with Gasteiger partial charge in [0.2, 0.25) is 0 Å². The summed E-state index contributed by atoms with van der Waals surface area (Å²) >= 11 is 12.1. The second-order valence-electron chi connectivity index (χ2n) is 6.16. The zero-order chi connectivity index (χ0) is 18.4. The number of aliphatic hydroxyl groups is 1. The number of hydrogen-bond acceptors (Lipinski definition) is 3. The van der Waals surface area contributed by atoms with Gasteiger partial charge in [-0.1, -0.05) is 47.5 Å². The van der Waals surface area contributed by atoms with Crippen molar-refractivity contribution >= 4 is 23.2 Å². The van der Waals surface area contributed by atoms with Gasteiger partial charge in [0.15, 0.2) is 0 Å². The average Bonchev–Trinajstić information content (AvgIpc) is 3.12. The van der Waals surface area contributed by atoms with Crippen molar-refractivity contribution < 1.29 is 5.11 Å². The maximum atomic E-state index is 9.20. The molecule has 0 spiro atoms. The number of aliphatic hydroxyl groups excluding tert-OH is 1. The van der Waals surface area contributed by atoms with Crippen LogP contribution < -0.4 is 0 Å². The number of para-hydroxylation sites is 1. The first kappa shape index (κ1) is 18.9. The van der Waals surface area contributed by atoms with Crippen molar-refractivity contribution in [3.8, 4) is 5.69 Å². The van der Waals surface area contributed by atoms with Gasteiger partial charge < -0.3 is 5.11 Å². The lowest BCUT2D eigenvalue weighted by atomic mass is 10.2. The zero-order valence-electron chi connectivity index (χ0n) is 14.4. The number of nitrogens with zero attached hydrogens (tertiary/aromatic N) is 3. The lowest BCUT2D eigenvalue weighted by molar-refractivity contribution is 0.212. The standard InChI is InChI=1S/C20H21Cl2N3O/c21-19-8-7-16(11-20(19)22)13-24(9-4-10-26)14-17-12-23-25(15-17)18-5-2-1-3-6-18/h1-3,5-8,11-12,15,26H,4,9-10,13-14H2. The molecule has 3 rings (SSSR count). The van der Waals surface area contributed by atoms with Crippen molar-refractivity contribution in [3.05, 3.63) is 82.1 Å². The van der Waals surface area contributed by atoms with E-state index in [1.807, 2.05) is 65.6 Å². The predicted molar refractivity (Wildman–Crippen MR) is 106 cm³/mol. The van der Waals surface area contributed by atoms with Gasteiger partial charge in [-0.3, -0.25) is 4.90 Å². The van der Waals surface area contributed by atoms with Crippen LogP contribution in [-0.4, -0.2) is 32.9 Å². The van der Waals surface area contributed by atoms with Crippen molar-refractivity contribution in [2.45, 2.75) is 19.5 Å². The Bertz CT molecular complexity index is 836. The monoisotopic (exact) mass is 389 g/mol. The van der Waals surface area contributed by atoms with E-state index >= 15 is 0 Å². The molecule has 0 saturated heterocycles. The summed E-state index contributed by atoms with van der Waals surface area (Å²) in [5.41, 5.74) is 3.24. The van der Waals surface area contributed by atoms with Crippen LogP contribution in [0.3, 0.4) is 0 Å². The molecule has 1 N–H and O–H groups in total. The Morgan fingerprint density at radius 1 is 0.962 bits per heavy atom. The molecule has 0 radical (unpaired) electrons. The van der Waals surface area contributed by atoms with Crippen molar-refractivity contribution in [2.75, 3.05) is 13.2 Å². The molecule has 3 aromatic rings. The summed E-state index contributed by atoms with van der Waals surface area (Å²) in [5, 5.41) is 14.8. The van der Waals surface area contributed by atoms with E-state index in [2.05, 4.69) is 10.00 Å². The average molecular weight is 390 g/mol. The van der Waals surface area contributed by atoms with Gasteiger partial charge in [-0.2, -0.15) is 5.10 Å². The van der Waals surface area contributed by atoms with E-state index in [0.29, 0.717) is 16.5 Å². The van der Waals surface area contributed by atoms with Crippen molar-refractivity contribution in [2.24, 2.45) is 0 Å². The molecule has 0 bridgehead atoms.